The molecule has 1 aliphatic heterocycles. The van der Waals surface area contributed by atoms with Crippen molar-refractivity contribution in [2.75, 3.05) is 7.11 Å². The van der Waals surface area contributed by atoms with E-state index in [1.54, 1.807) is 0 Å². The van der Waals surface area contributed by atoms with Crippen molar-refractivity contribution in [3.8, 4) is 11.5 Å². The highest BCUT2D eigenvalue weighted by Crippen LogP contribution is 2.42. The number of methoxy groups -OCH3 is 1. The molecule has 2 unspecified atom stereocenters. The Labute approximate surface area is 110 Å². The second-order valence-electron chi connectivity index (χ2n) is 4.01. The summed E-state index contributed by atoms with van der Waals surface area (Å²) in [6.07, 6.45) is -0.829. The van der Waals surface area contributed by atoms with Gasteiger partial charge < -0.3 is 13.7 Å². The predicted octanol–water partition coefficient (Wildman–Crippen LogP) is 0.906. The van der Waals surface area contributed by atoms with Crippen LogP contribution in [0.4, 0.5) is 0 Å². The monoisotopic (exact) mass is 288 g/mol. The first-order valence-corrected chi connectivity index (χ1v) is 6.69. The van der Waals surface area contributed by atoms with Crippen molar-refractivity contribution in [3.63, 3.8) is 0 Å². The summed E-state index contributed by atoms with van der Waals surface area (Å²) in [5, 5.41) is 0. The van der Waals surface area contributed by atoms with Crippen LogP contribution in [0.2, 0.25) is 0 Å². The van der Waals surface area contributed by atoms with E-state index in [2.05, 4.69) is 4.18 Å². The molecule has 0 radical (unpaired) electrons. The third kappa shape index (κ3) is 3.22. The van der Waals surface area contributed by atoms with Gasteiger partial charge in [-0.2, -0.15) is 8.42 Å². The van der Waals surface area contributed by atoms with Gasteiger partial charge >= 0.3 is 10.4 Å². The number of ketones is 1. The molecule has 0 aliphatic carbocycles. The van der Waals surface area contributed by atoms with E-state index in [0.29, 0.717) is 5.56 Å². The topological polar surface area (TPSA) is 102 Å². The number of carbonyl (C=O) groups is 1. The van der Waals surface area contributed by atoms with E-state index in [9.17, 15) is 13.2 Å². The SMILES string of the molecule is COc1cc(C2OC2C(C)=O)ccc1OS(=O)(=O)O. The van der Waals surface area contributed by atoms with Crippen LogP contribution in [0.5, 0.6) is 11.5 Å². The Morgan fingerprint density at radius 2 is 2.05 bits per heavy atom. The zero-order valence-corrected chi connectivity index (χ0v) is 11.0. The molecule has 1 heterocycles. The van der Waals surface area contributed by atoms with Crippen molar-refractivity contribution in [2.24, 2.45) is 0 Å². The highest BCUT2D eigenvalue weighted by atomic mass is 32.3. The van der Waals surface area contributed by atoms with Gasteiger partial charge in [0.05, 0.1) is 7.11 Å². The normalized spacial score (nSPS) is 21.8. The van der Waals surface area contributed by atoms with Crippen LogP contribution in [-0.2, 0) is 19.9 Å². The summed E-state index contributed by atoms with van der Waals surface area (Å²) in [6.45, 7) is 1.43. The van der Waals surface area contributed by atoms with E-state index in [0.717, 1.165) is 0 Å². The molecule has 1 aromatic carbocycles. The Balaban J connectivity index is 2.25. The summed E-state index contributed by atoms with van der Waals surface area (Å²) in [4.78, 5) is 11.1. The second kappa shape index (κ2) is 4.80. The Morgan fingerprint density at radius 1 is 1.37 bits per heavy atom. The second-order valence-corrected chi connectivity index (χ2v) is 5.03. The van der Waals surface area contributed by atoms with E-state index < -0.39 is 16.5 Å². The zero-order valence-electron chi connectivity index (χ0n) is 10.2. The van der Waals surface area contributed by atoms with Gasteiger partial charge in [-0.15, -0.1) is 0 Å². The summed E-state index contributed by atoms with van der Waals surface area (Å²) in [6, 6.07) is 4.35. The molecule has 1 fully saturated rings. The molecule has 8 heteroatoms. The first-order valence-electron chi connectivity index (χ1n) is 5.32. The van der Waals surface area contributed by atoms with Crippen LogP contribution in [-0.4, -0.2) is 32.0 Å². The largest absolute Gasteiger partial charge is 0.493 e. The molecule has 19 heavy (non-hydrogen) atoms. The highest BCUT2D eigenvalue weighted by Gasteiger charge is 2.44. The average molecular weight is 288 g/mol. The summed E-state index contributed by atoms with van der Waals surface area (Å²) < 4.78 is 44.4. The molecule has 1 N–H and O–H groups in total. The molecule has 0 amide bonds. The number of ether oxygens (including phenoxy) is 2. The number of benzene rings is 1. The Hall–Kier alpha value is -1.64. The van der Waals surface area contributed by atoms with Gasteiger partial charge in [-0.05, 0) is 24.6 Å². The third-order valence-electron chi connectivity index (χ3n) is 2.60. The molecular formula is C11H12O7S. The highest BCUT2D eigenvalue weighted by molar-refractivity contribution is 7.81. The first kappa shape index (κ1) is 13.8. The molecule has 0 saturated carbocycles. The van der Waals surface area contributed by atoms with E-state index >= 15 is 0 Å². The van der Waals surface area contributed by atoms with Crippen molar-refractivity contribution in [1.29, 1.82) is 0 Å². The minimum absolute atomic E-state index is 0.0813. The van der Waals surface area contributed by atoms with Crippen LogP contribution in [0.25, 0.3) is 0 Å². The van der Waals surface area contributed by atoms with E-state index in [4.69, 9.17) is 14.0 Å². The molecule has 0 bridgehead atoms. The number of hydrogen-bond acceptors (Lipinski definition) is 6. The van der Waals surface area contributed by atoms with Gasteiger partial charge in [0, 0.05) is 0 Å². The summed E-state index contributed by atoms with van der Waals surface area (Å²) in [7, 11) is -3.29. The van der Waals surface area contributed by atoms with Gasteiger partial charge in [0.2, 0.25) is 0 Å². The molecule has 2 rings (SSSR count). The van der Waals surface area contributed by atoms with Crippen LogP contribution >= 0.6 is 0 Å². The lowest BCUT2D eigenvalue weighted by Gasteiger charge is -2.08. The Bertz CT molecular complexity index is 607. The molecule has 0 aromatic heterocycles. The smallest absolute Gasteiger partial charge is 0.446 e. The van der Waals surface area contributed by atoms with Gasteiger partial charge in [-0.25, -0.2) is 0 Å². The lowest BCUT2D eigenvalue weighted by molar-refractivity contribution is -0.118. The number of rotatable bonds is 5. The van der Waals surface area contributed by atoms with Crippen LogP contribution in [0.15, 0.2) is 18.2 Å². The van der Waals surface area contributed by atoms with Gasteiger partial charge in [0.1, 0.15) is 12.2 Å². The van der Waals surface area contributed by atoms with Gasteiger partial charge in [-0.1, -0.05) is 6.07 Å². The Kier molecular flexibility index (Phi) is 3.48. The Morgan fingerprint density at radius 3 is 2.53 bits per heavy atom. The van der Waals surface area contributed by atoms with E-state index in [-0.39, 0.29) is 23.4 Å². The predicted molar refractivity (Wildman–Crippen MR) is 63.5 cm³/mol. The zero-order chi connectivity index (χ0) is 14.2. The maximum absolute atomic E-state index is 11.1. The maximum atomic E-state index is 11.1. The van der Waals surface area contributed by atoms with Crippen LogP contribution in [0.3, 0.4) is 0 Å². The standard InChI is InChI=1S/C11H12O7S/c1-6(12)10-11(17-10)7-3-4-8(9(5-7)16-2)18-19(13,14)15/h3-5,10-11H,1-2H3,(H,13,14,15). The van der Waals surface area contributed by atoms with E-state index in [1.807, 2.05) is 0 Å². The summed E-state index contributed by atoms with van der Waals surface area (Å²) >= 11 is 0. The number of carbonyl (C=O) groups excluding carboxylic acids is 1. The molecular weight excluding hydrogens is 276 g/mol. The third-order valence-corrected chi connectivity index (χ3v) is 2.99. The van der Waals surface area contributed by atoms with Crippen molar-refractivity contribution < 1.29 is 31.4 Å². The summed E-state index contributed by atoms with van der Waals surface area (Å²) in [5.74, 6) is -0.107. The van der Waals surface area contributed by atoms with Crippen LogP contribution in [0, 0.1) is 0 Å². The van der Waals surface area contributed by atoms with Crippen LogP contribution in [0.1, 0.15) is 18.6 Å². The molecule has 1 saturated heterocycles. The molecule has 104 valence electrons. The van der Waals surface area contributed by atoms with Gasteiger partial charge in [-0.3, -0.25) is 9.35 Å². The van der Waals surface area contributed by atoms with E-state index in [1.165, 1.54) is 32.2 Å². The molecule has 1 aliphatic rings. The lowest BCUT2D eigenvalue weighted by atomic mass is 10.1. The fourth-order valence-electron chi connectivity index (χ4n) is 1.72. The maximum Gasteiger partial charge on any atom is 0.446 e. The fourth-order valence-corrected chi connectivity index (χ4v) is 2.08. The molecule has 2 atom stereocenters. The quantitative estimate of drug-likeness (QED) is 0.634. The van der Waals surface area contributed by atoms with Crippen LogP contribution < -0.4 is 8.92 Å². The minimum Gasteiger partial charge on any atom is -0.493 e. The van der Waals surface area contributed by atoms with Crippen molar-refractivity contribution in [1.82, 2.24) is 0 Å². The number of epoxide rings is 1. The molecule has 0 spiro atoms. The summed E-state index contributed by atoms with van der Waals surface area (Å²) in [5.41, 5.74) is 0.666. The molecule has 1 aromatic rings. The average Bonchev–Trinajstić information content (AvgIpc) is 3.07. The van der Waals surface area contributed by atoms with Crippen molar-refractivity contribution in [3.05, 3.63) is 23.8 Å². The molecule has 7 nitrogen and oxygen atoms in total. The van der Waals surface area contributed by atoms with Gasteiger partial charge in [0.25, 0.3) is 0 Å². The van der Waals surface area contributed by atoms with Gasteiger partial charge in [0.15, 0.2) is 17.3 Å². The number of Topliss-reactive ketones (excluding diaryl/α,β-unsaturated/α-hetero) is 1. The van der Waals surface area contributed by atoms with Crippen molar-refractivity contribution in [2.45, 2.75) is 19.1 Å². The van der Waals surface area contributed by atoms with Crippen molar-refractivity contribution >= 4 is 16.2 Å². The first-order chi connectivity index (χ1) is 8.81. The number of hydrogen-bond donors (Lipinski definition) is 1. The minimum atomic E-state index is -4.62. The lowest BCUT2D eigenvalue weighted by Crippen LogP contribution is -2.08. The fraction of sp³-hybridized carbons (Fsp3) is 0.364.